The molecule has 1 heterocycles. The Bertz CT molecular complexity index is 846. The van der Waals surface area contributed by atoms with Gasteiger partial charge in [0.1, 0.15) is 0 Å². The molecule has 2 aromatic rings. The van der Waals surface area contributed by atoms with E-state index in [4.69, 9.17) is 5.10 Å². The van der Waals surface area contributed by atoms with Crippen LogP contribution in [-0.4, -0.2) is 21.7 Å². The van der Waals surface area contributed by atoms with Crippen molar-refractivity contribution in [3.63, 3.8) is 0 Å². The second-order valence-electron chi connectivity index (χ2n) is 8.40. The Hall–Kier alpha value is -2.36. The lowest BCUT2D eigenvalue weighted by Gasteiger charge is -2.23. The average Bonchev–Trinajstić information content (AvgIpc) is 3.27. The normalized spacial score (nSPS) is 22.5. The Balaban J connectivity index is 1.41. The highest BCUT2D eigenvalue weighted by Crippen LogP contribution is 2.33. The van der Waals surface area contributed by atoms with Gasteiger partial charge in [-0.1, -0.05) is 61.7 Å². The van der Waals surface area contributed by atoms with Crippen LogP contribution in [0.15, 0.2) is 42.5 Å². The Labute approximate surface area is 168 Å². The van der Waals surface area contributed by atoms with Crippen molar-refractivity contribution in [1.82, 2.24) is 15.1 Å². The van der Waals surface area contributed by atoms with E-state index in [2.05, 4.69) is 60.3 Å². The van der Waals surface area contributed by atoms with Crippen molar-refractivity contribution >= 4 is 5.91 Å². The molecule has 0 unspecified atom stereocenters. The van der Waals surface area contributed by atoms with Crippen LogP contribution in [0.25, 0.3) is 0 Å². The number of benzene rings is 1. The number of rotatable bonds is 5. The highest BCUT2D eigenvalue weighted by Gasteiger charge is 2.29. The quantitative estimate of drug-likeness (QED) is 0.771. The van der Waals surface area contributed by atoms with Crippen molar-refractivity contribution in [2.75, 3.05) is 0 Å². The Morgan fingerprint density at radius 3 is 2.61 bits per heavy atom. The van der Waals surface area contributed by atoms with Crippen LogP contribution >= 0.6 is 0 Å². The van der Waals surface area contributed by atoms with Crippen molar-refractivity contribution in [1.29, 1.82) is 0 Å². The number of amides is 1. The van der Waals surface area contributed by atoms with Gasteiger partial charge in [0.05, 0.1) is 12.2 Å². The van der Waals surface area contributed by atoms with E-state index in [1.807, 2.05) is 6.07 Å². The minimum atomic E-state index is 0.149. The molecule has 2 aliphatic rings. The zero-order chi connectivity index (χ0) is 19.5. The van der Waals surface area contributed by atoms with Gasteiger partial charge in [0.25, 0.3) is 0 Å². The zero-order valence-electron chi connectivity index (χ0n) is 17.0. The number of aryl methyl sites for hydroxylation is 1. The Morgan fingerprint density at radius 1 is 1.11 bits per heavy atom. The van der Waals surface area contributed by atoms with Gasteiger partial charge in [-0.05, 0) is 38.7 Å². The number of aromatic nitrogens is 2. The summed E-state index contributed by atoms with van der Waals surface area (Å²) in [6.45, 7) is 5.07. The summed E-state index contributed by atoms with van der Waals surface area (Å²) in [7, 11) is 0. The molecule has 0 aliphatic heterocycles. The van der Waals surface area contributed by atoms with Gasteiger partial charge >= 0.3 is 0 Å². The molecule has 2 aliphatic carbocycles. The molecule has 1 aromatic carbocycles. The number of hydrogen-bond donors (Lipinski definition) is 1. The Kier molecular flexibility index (Phi) is 5.65. The molecule has 1 saturated carbocycles. The molecule has 4 rings (SSSR count). The zero-order valence-corrected chi connectivity index (χ0v) is 17.0. The van der Waals surface area contributed by atoms with Gasteiger partial charge in [-0.3, -0.25) is 9.48 Å². The van der Waals surface area contributed by atoms with Crippen LogP contribution in [0.4, 0.5) is 0 Å². The summed E-state index contributed by atoms with van der Waals surface area (Å²) in [5, 5.41) is 8.09. The van der Waals surface area contributed by atoms with Crippen LogP contribution in [-0.2, 0) is 11.3 Å². The smallest absolute Gasteiger partial charge is 0.223 e. The minimum absolute atomic E-state index is 0.149. The number of carbonyl (C=O) groups is 1. The largest absolute Gasteiger partial charge is 0.350 e. The van der Waals surface area contributed by atoms with Gasteiger partial charge in [0, 0.05) is 29.1 Å². The van der Waals surface area contributed by atoms with Gasteiger partial charge < -0.3 is 5.32 Å². The fourth-order valence-electron chi connectivity index (χ4n) is 4.84. The molecule has 0 saturated heterocycles. The third kappa shape index (κ3) is 4.06. The first-order valence-corrected chi connectivity index (χ1v) is 10.7. The highest BCUT2D eigenvalue weighted by molar-refractivity contribution is 5.79. The van der Waals surface area contributed by atoms with Gasteiger partial charge in [0.15, 0.2) is 0 Å². The lowest BCUT2D eigenvalue weighted by atomic mass is 9.88. The van der Waals surface area contributed by atoms with Gasteiger partial charge in [-0.15, -0.1) is 0 Å². The third-order valence-electron chi connectivity index (χ3n) is 6.37. The van der Waals surface area contributed by atoms with E-state index >= 15 is 0 Å². The van der Waals surface area contributed by atoms with Crippen molar-refractivity contribution in [3.05, 3.63) is 65.0 Å². The molecule has 1 aromatic heterocycles. The number of nitrogens with zero attached hydrogens (tertiary/aromatic N) is 2. The molecule has 148 valence electrons. The maximum atomic E-state index is 12.6. The summed E-state index contributed by atoms with van der Waals surface area (Å²) in [5.74, 6) is 0.808. The molecule has 0 spiro atoms. The van der Waals surface area contributed by atoms with Crippen LogP contribution in [0.2, 0.25) is 0 Å². The van der Waals surface area contributed by atoms with E-state index in [0.717, 1.165) is 31.5 Å². The molecule has 4 heteroatoms. The number of hydrogen-bond acceptors (Lipinski definition) is 2. The summed E-state index contributed by atoms with van der Waals surface area (Å²) < 4.78 is 2.11. The molecular formula is C24H31N3O. The van der Waals surface area contributed by atoms with E-state index in [0.29, 0.717) is 5.92 Å². The van der Waals surface area contributed by atoms with Crippen molar-refractivity contribution in [2.45, 2.75) is 70.9 Å². The molecule has 0 bridgehead atoms. The fourth-order valence-corrected chi connectivity index (χ4v) is 4.84. The molecule has 0 radical (unpaired) electrons. The predicted molar refractivity (Wildman–Crippen MR) is 112 cm³/mol. The Morgan fingerprint density at radius 2 is 1.86 bits per heavy atom. The molecular weight excluding hydrogens is 346 g/mol. The summed E-state index contributed by atoms with van der Waals surface area (Å²) in [6, 6.07) is 10.6. The lowest BCUT2D eigenvalue weighted by molar-refractivity contribution is -0.126. The lowest BCUT2D eigenvalue weighted by Crippen LogP contribution is -2.38. The first-order chi connectivity index (χ1) is 13.6. The summed E-state index contributed by atoms with van der Waals surface area (Å²) in [6.07, 6.45) is 11.2. The van der Waals surface area contributed by atoms with E-state index in [1.165, 1.54) is 36.1 Å². The van der Waals surface area contributed by atoms with Gasteiger partial charge in [-0.2, -0.15) is 5.10 Å². The maximum Gasteiger partial charge on any atom is 0.223 e. The SMILES string of the molecule is Cc1nn(Cc2ccccc2)c(C)c1[C@H]1C=C[C@@H](NC(=O)C2CCCCC2)C1. The van der Waals surface area contributed by atoms with Crippen LogP contribution < -0.4 is 5.32 Å². The summed E-state index contributed by atoms with van der Waals surface area (Å²) in [4.78, 5) is 12.6. The van der Waals surface area contributed by atoms with E-state index in [9.17, 15) is 4.79 Å². The highest BCUT2D eigenvalue weighted by atomic mass is 16.1. The predicted octanol–water partition coefficient (Wildman–Crippen LogP) is 4.66. The summed E-state index contributed by atoms with van der Waals surface area (Å²) >= 11 is 0. The van der Waals surface area contributed by atoms with Crippen molar-refractivity contribution in [3.8, 4) is 0 Å². The molecule has 1 fully saturated rings. The van der Waals surface area contributed by atoms with E-state index < -0.39 is 0 Å². The molecule has 28 heavy (non-hydrogen) atoms. The first kappa shape index (κ1) is 19.0. The fraction of sp³-hybridized carbons (Fsp3) is 0.500. The summed E-state index contributed by atoms with van der Waals surface area (Å²) in [5.41, 5.74) is 4.92. The van der Waals surface area contributed by atoms with Crippen LogP contribution in [0.1, 0.15) is 67.0 Å². The molecule has 1 amide bonds. The van der Waals surface area contributed by atoms with Crippen molar-refractivity contribution in [2.24, 2.45) is 5.92 Å². The maximum absolute atomic E-state index is 12.6. The topological polar surface area (TPSA) is 46.9 Å². The third-order valence-corrected chi connectivity index (χ3v) is 6.37. The van der Waals surface area contributed by atoms with Gasteiger partial charge in [0.2, 0.25) is 5.91 Å². The first-order valence-electron chi connectivity index (χ1n) is 10.7. The molecule has 4 nitrogen and oxygen atoms in total. The van der Waals surface area contributed by atoms with Crippen molar-refractivity contribution < 1.29 is 4.79 Å². The average molecular weight is 378 g/mol. The number of carbonyl (C=O) groups excluding carboxylic acids is 1. The second-order valence-corrected chi connectivity index (χ2v) is 8.40. The second kappa shape index (κ2) is 8.34. The molecule has 2 atom stereocenters. The van der Waals surface area contributed by atoms with Crippen LogP contribution in [0, 0.1) is 19.8 Å². The van der Waals surface area contributed by atoms with Gasteiger partial charge in [-0.25, -0.2) is 0 Å². The monoisotopic (exact) mass is 377 g/mol. The standard InChI is InChI=1S/C24H31N3O/c1-17-23(18(2)27(26-17)16-19-9-5-3-6-10-19)21-13-14-22(15-21)25-24(28)20-11-7-4-8-12-20/h3,5-6,9-10,13-14,20-22H,4,7-8,11-12,15-16H2,1-2H3,(H,25,28)/t21-,22+/m0/s1. The number of nitrogens with one attached hydrogen (secondary N) is 1. The van der Waals surface area contributed by atoms with Crippen LogP contribution in [0.3, 0.4) is 0 Å². The minimum Gasteiger partial charge on any atom is -0.350 e. The van der Waals surface area contributed by atoms with E-state index in [1.54, 1.807) is 0 Å². The van der Waals surface area contributed by atoms with E-state index in [-0.39, 0.29) is 17.9 Å². The number of allylic oxidation sites excluding steroid dienone is 1. The van der Waals surface area contributed by atoms with Crippen LogP contribution in [0.5, 0.6) is 0 Å². The molecule has 1 N–H and O–H groups in total.